The van der Waals surface area contributed by atoms with E-state index in [2.05, 4.69) is 16.3 Å². The summed E-state index contributed by atoms with van der Waals surface area (Å²) in [5.74, 6) is 0.605. The molecule has 0 unspecified atom stereocenters. The predicted octanol–water partition coefficient (Wildman–Crippen LogP) is 3.70. The number of benzene rings is 2. The fraction of sp³-hybridized carbons (Fsp3) is 0.318. The standard InChI is InChI=1S/C22H23N5O4S/c1-15-11-16(2)13-17(12-15)21-23-24-22(31-21)32-14-20(28)26-9-7-25(8-10-26)18-5-3-4-6-19(18)27(29)30/h3-6,11-13H,7-10,14H2,1-2H3. The van der Waals surface area contributed by atoms with Crippen LogP contribution < -0.4 is 4.90 Å². The topological polar surface area (TPSA) is 106 Å². The number of nitro benzene ring substituents is 1. The maximum Gasteiger partial charge on any atom is 0.292 e. The predicted molar refractivity (Wildman–Crippen MR) is 122 cm³/mol. The Kier molecular flexibility index (Phi) is 6.40. The van der Waals surface area contributed by atoms with Crippen LogP contribution in [0.5, 0.6) is 0 Å². The summed E-state index contributed by atoms with van der Waals surface area (Å²) in [6.45, 7) is 6.11. The monoisotopic (exact) mass is 453 g/mol. The van der Waals surface area contributed by atoms with E-state index < -0.39 is 0 Å². The number of amides is 1. The number of anilines is 1. The second-order valence-corrected chi connectivity index (χ2v) is 8.58. The van der Waals surface area contributed by atoms with Gasteiger partial charge in [-0.2, -0.15) is 0 Å². The summed E-state index contributed by atoms with van der Waals surface area (Å²) in [5, 5.41) is 19.8. The molecule has 1 fully saturated rings. The van der Waals surface area contributed by atoms with E-state index in [9.17, 15) is 14.9 Å². The molecule has 1 saturated heterocycles. The lowest BCUT2D eigenvalue weighted by Gasteiger charge is -2.35. The summed E-state index contributed by atoms with van der Waals surface area (Å²) < 4.78 is 5.73. The maximum absolute atomic E-state index is 12.6. The van der Waals surface area contributed by atoms with Crippen molar-refractivity contribution in [1.82, 2.24) is 15.1 Å². The summed E-state index contributed by atoms with van der Waals surface area (Å²) in [5.41, 5.74) is 3.76. The largest absolute Gasteiger partial charge is 0.411 e. The number of aryl methyl sites for hydroxylation is 2. The molecule has 32 heavy (non-hydrogen) atoms. The summed E-state index contributed by atoms with van der Waals surface area (Å²) in [6, 6.07) is 12.7. The number of nitrogens with zero attached hydrogens (tertiary/aromatic N) is 5. The minimum atomic E-state index is -0.375. The number of carbonyl (C=O) groups is 1. The number of thioether (sulfide) groups is 1. The van der Waals surface area contributed by atoms with Crippen molar-refractivity contribution in [3.8, 4) is 11.5 Å². The molecule has 0 radical (unpaired) electrons. The van der Waals surface area contributed by atoms with Crippen LogP contribution >= 0.6 is 11.8 Å². The van der Waals surface area contributed by atoms with Crippen molar-refractivity contribution in [2.75, 3.05) is 36.8 Å². The lowest BCUT2D eigenvalue weighted by molar-refractivity contribution is -0.384. The van der Waals surface area contributed by atoms with Gasteiger partial charge in [0.2, 0.25) is 11.8 Å². The summed E-state index contributed by atoms with van der Waals surface area (Å²) >= 11 is 1.22. The summed E-state index contributed by atoms with van der Waals surface area (Å²) in [4.78, 5) is 27.3. The summed E-state index contributed by atoms with van der Waals surface area (Å²) in [6.07, 6.45) is 0. The molecule has 1 aliphatic rings. The van der Waals surface area contributed by atoms with Gasteiger partial charge in [-0.15, -0.1) is 10.2 Å². The van der Waals surface area contributed by atoms with E-state index in [0.717, 1.165) is 16.7 Å². The van der Waals surface area contributed by atoms with Gasteiger partial charge in [0.15, 0.2) is 0 Å². The molecule has 0 saturated carbocycles. The molecule has 0 aliphatic carbocycles. The highest BCUT2D eigenvalue weighted by Gasteiger charge is 2.25. The minimum Gasteiger partial charge on any atom is -0.411 e. The molecule has 4 rings (SSSR count). The number of para-hydroxylation sites is 2. The van der Waals surface area contributed by atoms with Crippen molar-refractivity contribution in [2.24, 2.45) is 0 Å². The zero-order valence-corrected chi connectivity index (χ0v) is 18.7. The van der Waals surface area contributed by atoms with Crippen molar-refractivity contribution in [2.45, 2.75) is 19.1 Å². The van der Waals surface area contributed by atoms with Gasteiger partial charge in [-0.25, -0.2) is 0 Å². The van der Waals surface area contributed by atoms with Crippen molar-refractivity contribution < 1.29 is 14.1 Å². The van der Waals surface area contributed by atoms with Crippen LogP contribution in [-0.4, -0.2) is 57.9 Å². The van der Waals surface area contributed by atoms with Crippen LogP contribution in [-0.2, 0) is 4.79 Å². The van der Waals surface area contributed by atoms with E-state index in [1.54, 1.807) is 23.1 Å². The van der Waals surface area contributed by atoms with Crippen LogP contribution in [0.2, 0.25) is 0 Å². The highest BCUT2D eigenvalue weighted by atomic mass is 32.2. The molecule has 166 valence electrons. The Bertz CT molecular complexity index is 1120. The Morgan fingerprint density at radius 3 is 2.47 bits per heavy atom. The molecule has 0 spiro atoms. The Morgan fingerprint density at radius 2 is 1.78 bits per heavy atom. The number of hydrogen-bond acceptors (Lipinski definition) is 8. The molecule has 0 N–H and O–H groups in total. The van der Waals surface area contributed by atoms with Gasteiger partial charge in [0, 0.05) is 37.8 Å². The number of nitro groups is 1. The van der Waals surface area contributed by atoms with Crippen molar-refractivity contribution in [3.05, 3.63) is 63.7 Å². The van der Waals surface area contributed by atoms with E-state index in [1.165, 1.54) is 17.8 Å². The molecular formula is C22H23N5O4S. The Labute approximate surface area is 189 Å². The summed E-state index contributed by atoms with van der Waals surface area (Å²) in [7, 11) is 0. The molecule has 2 aromatic carbocycles. The van der Waals surface area contributed by atoms with Crippen LogP contribution in [0, 0.1) is 24.0 Å². The fourth-order valence-corrected chi connectivity index (χ4v) is 4.45. The van der Waals surface area contributed by atoms with Gasteiger partial charge in [-0.05, 0) is 32.0 Å². The highest BCUT2D eigenvalue weighted by molar-refractivity contribution is 7.99. The molecule has 1 aromatic heterocycles. The van der Waals surface area contributed by atoms with E-state index >= 15 is 0 Å². The third-order valence-corrected chi connectivity index (χ3v) is 6.05. The van der Waals surface area contributed by atoms with Crippen LogP contribution in [0.15, 0.2) is 52.1 Å². The average molecular weight is 454 g/mol. The SMILES string of the molecule is Cc1cc(C)cc(-c2nnc(SCC(=O)N3CCN(c4ccccc4[N+](=O)[O-])CC3)o2)c1. The third kappa shape index (κ3) is 4.91. The first-order valence-corrected chi connectivity index (χ1v) is 11.2. The minimum absolute atomic E-state index is 0.0247. The molecule has 9 nitrogen and oxygen atoms in total. The van der Waals surface area contributed by atoms with Gasteiger partial charge < -0.3 is 14.2 Å². The lowest BCUT2D eigenvalue weighted by Crippen LogP contribution is -2.49. The van der Waals surface area contributed by atoms with E-state index in [-0.39, 0.29) is 22.3 Å². The van der Waals surface area contributed by atoms with Gasteiger partial charge in [-0.3, -0.25) is 14.9 Å². The molecule has 1 amide bonds. The van der Waals surface area contributed by atoms with Gasteiger partial charge in [-0.1, -0.05) is 41.1 Å². The van der Waals surface area contributed by atoms with Gasteiger partial charge in [0.25, 0.3) is 10.9 Å². The second kappa shape index (κ2) is 9.39. The molecule has 0 bridgehead atoms. The van der Waals surface area contributed by atoms with E-state index in [4.69, 9.17) is 4.42 Å². The molecule has 3 aromatic rings. The van der Waals surface area contributed by atoms with Crippen molar-refractivity contribution in [1.29, 1.82) is 0 Å². The normalized spacial score (nSPS) is 13.9. The van der Waals surface area contributed by atoms with E-state index in [1.807, 2.05) is 30.9 Å². The molecular weight excluding hydrogens is 430 g/mol. The van der Waals surface area contributed by atoms with Gasteiger partial charge in [0.05, 0.1) is 10.7 Å². The van der Waals surface area contributed by atoms with Gasteiger partial charge >= 0.3 is 0 Å². The van der Waals surface area contributed by atoms with E-state index in [0.29, 0.717) is 43.0 Å². The van der Waals surface area contributed by atoms with Crippen LogP contribution in [0.25, 0.3) is 11.5 Å². The first kappa shape index (κ1) is 21.8. The third-order valence-electron chi connectivity index (χ3n) is 5.25. The zero-order chi connectivity index (χ0) is 22.7. The van der Waals surface area contributed by atoms with Crippen LogP contribution in [0.4, 0.5) is 11.4 Å². The zero-order valence-electron chi connectivity index (χ0n) is 17.9. The Morgan fingerprint density at radius 1 is 1.09 bits per heavy atom. The van der Waals surface area contributed by atoms with Crippen LogP contribution in [0.1, 0.15) is 11.1 Å². The smallest absolute Gasteiger partial charge is 0.292 e. The Hall–Kier alpha value is -3.40. The first-order chi connectivity index (χ1) is 15.4. The average Bonchev–Trinajstić information content (AvgIpc) is 3.26. The molecule has 2 heterocycles. The highest BCUT2D eigenvalue weighted by Crippen LogP contribution is 2.29. The Balaban J connectivity index is 1.32. The fourth-order valence-electron chi connectivity index (χ4n) is 3.78. The number of hydrogen-bond donors (Lipinski definition) is 0. The first-order valence-electron chi connectivity index (χ1n) is 10.2. The molecule has 10 heteroatoms. The quantitative estimate of drug-likeness (QED) is 0.316. The molecule has 0 atom stereocenters. The number of aromatic nitrogens is 2. The molecule has 1 aliphatic heterocycles. The van der Waals surface area contributed by atoms with Crippen molar-refractivity contribution in [3.63, 3.8) is 0 Å². The lowest BCUT2D eigenvalue weighted by atomic mass is 10.1. The van der Waals surface area contributed by atoms with Gasteiger partial charge in [0.1, 0.15) is 5.69 Å². The number of carbonyl (C=O) groups excluding carboxylic acids is 1. The number of piperazine rings is 1. The maximum atomic E-state index is 12.6. The van der Waals surface area contributed by atoms with Crippen molar-refractivity contribution >= 4 is 29.0 Å². The van der Waals surface area contributed by atoms with Crippen LogP contribution in [0.3, 0.4) is 0 Å². The second-order valence-electron chi connectivity index (χ2n) is 7.65. The number of rotatable bonds is 6.